The van der Waals surface area contributed by atoms with Crippen LogP contribution in [0.5, 0.6) is 0 Å². The number of carbonyl (C=O) groups excluding carboxylic acids is 4. The molecule has 1 N–H and O–H groups in total. The van der Waals surface area contributed by atoms with Gasteiger partial charge in [0, 0.05) is 5.69 Å². The Morgan fingerprint density at radius 2 is 1.64 bits per heavy atom. The van der Waals surface area contributed by atoms with Crippen LogP contribution in [0.25, 0.3) is 0 Å². The highest BCUT2D eigenvalue weighted by molar-refractivity contribution is 6.42. The fourth-order valence-corrected chi connectivity index (χ4v) is 3.68. The van der Waals surface area contributed by atoms with E-state index >= 15 is 0 Å². The number of imide groups is 1. The van der Waals surface area contributed by atoms with E-state index < -0.39 is 30.3 Å². The van der Waals surface area contributed by atoms with E-state index in [1.807, 2.05) is 6.07 Å². The number of anilines is 2. The maximum absolute atomic E-state index is 12.9. The third-order valence-corrected chi connectivity index (χ3v) is 5.76. The Balaban J connectivity index is 1.45. The van der Waals surface area contributed by atoms with Gasteiger partial charge in [0.1, 0.15) is 0 Å². The molecule has 0 aromatic heterocycles. The molecule has 0 radical (unpaired) electrons. The summed E-state index contributed by atoms with van der Waals surface area (Å²) in [4.78, 5) is 51.3. The van der Waals surface area contributed by atoms with Crippen LogP contribution >= 0.6 is 23.2 Å². The number of esters is 1. The molecule has 0 saturated heterocycles. The van der Waals surface area contributed by atoms with Gasteiger partial charge in [0.25, 0.3) is 17.7 Å². The van der Waals surface area contributed by atoms with Crippen molar-refractivity contribution in [1.82, 2.24) is 0 Å². The minimum absolute atomic E-state index is 0.0453. The number of nitrogens with one attached hydrogen (secondary N) is 1. The molecule has 0 atom stereocenters. The highest BCUT2D eigenvalue weighted by atomic mass is 35.5. The van der Waals surface area contributed by atoms with E-state index in [2.05, 4.69) is 5.32 Å². The van der Waals surface area contributed by atoms with E-state index in [-0.39, 0.29) is 21.7 Å². The van der Waals surface area contributed by atoms with Gasteiger partial charge in [-0.25, -0.2) is 9.69 Å². The first-order chi connectivity index (χ1) is 15.8. The fraction of sp³-hybridized carbons (Fsp3) is 0.0833. The molecule has 4 rings (SSSR count). The number of para-hydroxylation sites is 1. The average Bonchev–Trinajstić information content (AvgIpc) is 3.04. The van der Waals surface area contributed by atoms with Crippen LogP contribution in [0.15, 0.2) is 60.7 Å². The number of hydrogen-bond acceptors (Lipinski definition) is 5. The van der Waals surface area contributed by atoms with E-state index in [4.69, 9.17) is 27.9 Å². The van der Waals surface area contributed by atoms with Crippen molar-refractivity contribution in [2.24, 2.45) is 0 Å². The molecule has 0 unspecified atom stereocenters. The summed E-state index contributed by atoms with van der Waals surface area (Å²) in [6.07, 6.45) is 0. The summed E-state index contributed by atoms with van der Waals surface area (Å²) in [7, 11) is 0. The predicted molar refractivity (Wildman–Crippen MR) is 124 cm³/mol. The fourth-order valence-electron chi connectivity index (χ4n) is 3.39. The molecule has 1 aliphatic heterocycles. The maximum atomic E-state index is 12.9. The molecule has 0 bridgehead atoms. The summed E-state index contributed by atoms with van der Waals surface area (Å²) in [5, 5.41) is 3.14. The molecule has 0 saturated carbocycles. The van der Waals surface area contributed by atoms with Crippen molar-refractivity contribution in [3.8, 4) is 0 Å². The van der Waals surface area contributed by atoms with Gasteiger partial charge >= 0.3 is 5.97 Å². The maximum Gasteiger partial charge on any atom is 0.338 e. The van der Waals surface area contributed by atoms with Crippen LogP contribution < -0.4 is 10.2 Å². The molecular formula is C24H16Cl2N2O5. The van der Waals surface area contributed by atoms with Crippen LogP contribution in [-0.2, 0) is 9.53 Å². The summed E-state index contributed by atoms with van der Waals surface area (Å²) in [6, 6.07) is 15.6. The first kappa shape index (κ1) is 22.5. The number of hydrogen-bond donors (Lipinski definition) is 1. The van der Waals surface area contributed by atoms with Crippen LogP contribution in [0.2, 0.25) is 10.0 Å². The number of aryl methyl sites for hydroxylation is 1. The Bertz CT molecular complexity index is 1320. The average molecular weight is 483 g/mol. The second-order valence-corrected chi connectivity index (χ2v) is 8.06. The van der Waals surface area contributed by atoms with Crippen LogP contribution in [-0.4, -0.2) is 30.3 Å². The number of carbonyl (C=O) groups is 4. The van der Waals surface area contributed by atoms with Gasteiger partial charge < -0.3 is 10.1 Å². The minimum atomic E-state index is -0.809. The number of ether oxygens (including phenoxy) is 1. The Labute approximate surface area is 198 Å². The molecular weight excluding hydrogens is 467 g/mol. The van der Waals surface area contributed by atoms with Crippen LogP contribution in [0.1, 0.15) is 36.6 Å². The second-order valence-electron chi connectivity index (χ2n) is 7.25. The molecule has 7 nitrogen and oxygen atoms in total. The quantitative estimate of drug-likeness (QED) is 0.412. The molecule has 166 valence electrons. The van der Waals surface area contributed by atoms with Gasteiger partial charge in [0.05, 0.1) is 32.4 Å². The number of rotatable bonds is 5. The zero-order valence-electron chi connectivity index (χ0n) is 17.2. The van der Waals surface area contributed by atoms with Gasteiger partial charge in [-0.2, -0.15) is 0 Å². The first-order valence-corrected chi connectivity index (χ1v) is 10.5. The zero-order valence-corrected chi connectivity index (χ0v) is 18.7. The molecule has 0 spiro atoms. The topological polar surface area (TPSA) is 92.8 Å². The van der Waals surface area contributed by atoms with Crippen LogP contribution in [0, 0.1) is 6.92 Å². The van der Waals surface area contributed by atoms with Crippen molar-refractivity contribution >= 4 is 58.3 Å². The highest BCUT2D eigenvalue weighted by Gasteiger charge is 2.37. The van der Waals surface area contributed by atoms with E-state index in [1.54, 1.807) is 31.2 Å². The van der Waals surface area contributed by atoms with Crippen molar-refractivity contribution < 1.29 is 23.9 Å². The monoisotopic (exact) mass is 482 g/mol. The van der Waals surface area contributed by atoms with Crippen molar-refractivity contribution in [2.45, 2.75) is 6.92 Å². The van der Waals surface area contributed by atoms with Crippen LogP contribution in [0.3, 0.4) is 0 Å². The molecule has 3 aromatic rings. The summed E-state index contributed by atoms with van der Waals surface area (Å²) in [6.45, 7) is 1.24. The van der Waals surface area contributed by atoms with E-state index in [1.165, 1.54) is 30.3 Å². The largest absolute Gasteiger partial charge is 0.452 e. The Morgan fingerprint density at radius 1 is 0.909 bits per heavy atom. The van der Waals surface area contributed by atoms with Crippen LogP contribution in [0.4, 0.5) is 11.4 Å². The van der Waals surface area contributed by atoms with Crippen molar-refractivity contribution in [2.75, 3.05) is 16.8 Å². The number of amides is 3. The van der Waals surface area contributed by atoms with E-state index in [0.29, 0.717) is 16.4 Å². The second kappa shape index (κ2) is 9.05. The molecule has 33 heavy (non-hydrogen) atoms. The van der Waals surface area contributed by atoms with Gasteiger partial charge in [0.2, 0.25) is 0 Å². The number of fused-ring (bicyclic) bond motifs is 1. The highest BCUT2D eigenvalue weighted by Crippen LogP contribution is 2.31. The number of nitrogens with zero attached hydrogens (tertiary/aromatic N) is 1. The van der Waals surface area contributed by atoms with Crippen molar-refractivity contribution in [3.05, 3.63) is 93.0 Å². The number of halogens is 2. The zero-order chi connectivity index (χ0) is 23.7. The van der Waals surface area contributed by atoms with E-state index in [0.717, 1.165) is 10.5 Å². The number of benzene rings is 3. The first-order valence-electron chi connectivity index (χ1n) is 9.77. The third kappa shape index (κ3) is 4.46. The van der Waals surface area contributed by atoms with Gasteiger partial charge in [0.15, 0.2) is 6.61 Å². The van der Waals surface area contributed by atoms with Crippen molar-refractivity contribution in [3.63, 3.8) is 0 Å². The van der Waals surface area contributed by atoms with Gasteiger partial charge in [-0.3, -0.25) is 14.4 Å². The lowest BCUT2D eigenvalue weighted by Crippen LogP contribution is -2.29. The summed E-state index contributed by atoms with van der Waals surface area (Å²) in [5.41, 5.74) is 1.97. The molecule has 3 amide bonds. The minimum Gasteiger partial charge on any atom is -0.452 e. The SMILES string of the molecule is Cc1ccccc1N1C(=O)c2ccc(C(=O)OCC(=O)Nc3ccc(Cl)c(Cl)c3)cc2C1=O. The molecule has 0 fully saturated rings. The third-order valence-electron chi connectivity index (χ3n) is 5.02. The van der Waals surface area contributed by atoms with E-state index in [9.17, 15) is 19.2 Å². The normalized spacial score (nSPS) is 12.5. The smallest absolute Gasteiger partial charge is 0.338 e. The van der Waals surface area contributed by atoms with Gasteiger partial charge in [-0.1, -0.05) is 41.4 Å². The van der Waals surface area contributed by atoms with Gasteiger partial charge in [-0.05, 0) is 55.0 Å². The standard InChI is InChI=1S/C24H16Cl2N2O5/c1-13-4-2-3-5-20(13)28-22(30)16-8-6-14(10-17(16)23(28)31)24(32)33-12-21(29)27-15-7-9-18(25)19(26)11-15/h2-11H,12H2,1H3,(H,27,29). The Hall–Kier alpha value is -3.68. The molecule has 1 aliphatic rings. The lowest BCUT2D eigenvalue weighted by Gasteiger charge is -2.16. The molecule has 9 heteroatoms. The summed E-state index contributed by atoms with van der Waals surface area (Å²) < 4.78 is 5.05. The molecule has 1 heterocycles. The summed E-state index contributed by atoms with van der Waals surface area (Å²) in [5.74, 6) is -2.39. The summed E-state index contributed by atoms with van der Waals surface area (Å²) >= 11 is 11.7. The predicted octanol–water partition coefficient (Wildman–Crippen LogP) is 4.90. The van der Waals surface area contributed by atoms with Gasteiger partial charge in [-0.15, -0.1) is 0 Å². The molecule has 0 aliphatic carbocycles. The lowest BCUT2D eigenvalue weighted by atomic mass is 10.1. The Kier molecular flexibility index (Phi) is 6.18. The van der Waals surface area contributed by atoms with Crippen molar-refractivity contribution in [1.29, 1.82) is 0 Å². The Morgan fingerprint density at radius 3 is 2.36 bits per heavy atom. The molecule has 3 aromatic carbocycles. The lowest BCUT2D eigenvalue weighted by molar-refractivity contribution is -0.119.